The van der Waals surface area contributed by atoms with E-state index in [-0.39, 0.29) is 6.04 Å². The van der Waals surface area contributed by atoms with Crippen LogP contribution in [-0.4, -0.2) is 20.5 Å². The molecular weight excluding hydrogens is 460 g/mol. The fraction of sp³-hybridized carbons (Fsp3) is 0.321. The van der Waals surface area contributed by atoms with Gasteiger partial charge in [0.15, 0.2) is 5.82 Å². The Labute approximate surface area is 210 Å². The highest BCUT2D eigenvalue weighted by Crippen LogP contribution is 2.37. The van der Waals surface area contributed by atoms with Crippen LogP contribution < -0.4 is 0 Å². The van der Waals surface area contributed by atoms with E-state index in [2.05, 4.69) is 65.9 Å². The van der Waals surface area contributed by atoms with Crippen molar-refractivity contribution in [3.05, 3.63) is 98.4 Å². The minimum absolute atomic E-state index is 0.111. The molecule has 0 saturated carbocycles. The molecule has 0 N–H and O–H groups in total. The number of benzene rings is 2. The van der Waals surface area contributed by atoms with Crippen molar-refractivity contribution < 1.29 is 0 Å². The second-order valence-corrected chi connectivity index (χ2v) is 10.9. The number of hydrogen-bond acceptors (Lipinski definition) is 4. The van der Waals surface area contributed by atoms with Crippen molar-refractivity contribution in [2.24, 2.45) is 10.9 Å². The lowest BCUT2D eigenvalue weighted by atomic mass is 10.00. The molecule has 0 fully saturated rings. The van der Waals surface area contributed by atoms with E-state index in [1.165, 1.54) is 16.0 Å². The van der Waals surface area contributed by atoms with Gasteiger partial charge in [0.25, 0.3) is 0 Å². The van der Waals surface area contributed by atoms with Crippen molar-refractivity contribution in [3.8, 4) is 5.00 Å². The van der Waals surface area contributed by atoms with Crippen LogP contribution in [0.3, 0.4) is 0 Å². The maximum absolute atomic E-state index is 6.62. The number of aromatic nitrogens is 3. The number of hydrogen-bond donors (Lipinski definition) is 0. The predicted octanol–water partition coefficient (Wildman–Crippen LogP) is 7.19. The molecule has 0 spiro atoms. The molecule has 2 aromatic heterocycles. The van der Waals surface area contributed by atoms with E-state index in [1.54, 1.807) is 11.3 Å². The summed E-state index contributed by atoms with van der Waals surface area (Å²) in [5.41, 5.74) is 5.77. The van der Waals surface area contributed by atoms with Crippen molar-refractivity contribution in [2.45, 2.75) is 53.0 Å². The lowest BCUT2D eigenvalue weighted by Crippen LogP contribution is -2.05. The molecule has 0 bridgehead atoms. The molecule has 4 nitrogen and oxygen atoms in total. The summed E-state index contributed by atoms with van der Waals surface area (Å²) in [5, 5.41) is 10.7. The molecule has 0 saturated heterocycles. The third kappa shape index (κ3) is 4.47. The van der Waals surface area contributed by atoms with Crippen LogP contribution in [0, 0.1) is 12.8 Å². The molecule has 2 aromatic carbocycles. The Bertz CT molecular complexity index is 1350. The molecule has 1 aliphatic rings. The molecule has 0 aliphatic carbocycles. The van der Waals surface area contributed by atoms with Gasteiger partial charge < -0.3 is 0 Å². The number of fused-ring (bicyclic) bond motifs is 3. The number of halogens is 1. The second-order valence-electron chi connectivity index (χ2n) is 9.42. The Morgan fingerprint density at radius 3 is 2.44 bits per heavy atom. The summed E-state index contributed by atoms with van der Waals surface area (Å²) in [7, 11) is 0. The van der Waals surface area contributed by atoms with Crippen molar-refractivity contribution in [2.75, 3.05) is 0 Å². The molecular formula is C28H29ClN4S. The Balaban J connectivity index is 1.50. The van der Waals surface area contributed by atoms with Crippen molar-refractivity contribution in [1.82, 2.24) is 14.8 Å². The van der Waals surface area contributed by atoms with E-state index in [0.29, 0.717) is 10.9 Å². The lowest BCUT2D eigenvalue weighted by molar-refractivity contribution is 0.647. The van der Waals surface area contributed by atoms with Crippen molar-refractivity contribution >= 4 is 28.6 Å². The third-order valence-electron chi connectivity index (χ3n) is 6.22. The van der Waals surface area contributed by atoms with Gasteiger partial charge in [0.1, 0.15) is 16.9 Å². The topological polar surface area (TPSA) is 43.1 Å². The lowest BCUT2D eigenvalue weighted by Gasteiger charge is -2.09. The molecule has 5 rings (SSSR count). The zero-order chi connectivity index (χ0) is 23.8. The van der Waals surface area contributed by atoms with Gasteiger partial charge in [-0.25, -0.2) is 0 Å². The first-order valence-electron chi connectivity index (χ1n) is 11.9. The molecule has 34 heavy (non-hydrogen) atoms. The highest BCUT2D eigenvalue weighted by molar-refractivity contribution is 7.15. The minimum Gasteiger partial charge on any atom is -0.273 e. The van der Waals surface area contributed by atoms with Gasteiger partial charge in [-0.15, -0.1) is 21.5 Å². The predicted molar refractivity (Wildman–Crippen MR) is 142 cm³/mol. The van der Waals surface area contributed by atoms with E-state index in [4.69, 9.17) is 16.6 Å². The van der Waals surface area contributed by atoms with Gasteiger partial charge in [-0.3, -0.25) is 9.56 Å². The summed E-state index contributed by atoms with van der Waals surface area (Å²) in [5.74, 6) is 2.43. The first kappa shape index (κ1) is 23.0. The van der Waals surface area contributed by atoms with Crippen LogP contribution >= 0.6 is 22.9 Å². The number of rotatable bonds is 6. The van der Waals surface area contributed by atoms with Crippen molar-refractivity contribution in [3.63, 3.8) is 0 Å². The SMILES string of the molecule is Cc1nnc2n1-c1sc(CCc3ccc(CC(C)C)cc3)cc1C(c1ccccc1Cl)=NC2C. The molecule has 4 aromatic rings. The van der Waals surface area contributed by atoms with Gasteiger partial charge in [-0.1, -0.05) is 67.9 Å². The van der Waals surface area contributed by atoms with E-state index in [9.17, 15) is 0 Å². The standard InChI is InChI=1S/C28H29ClN4S/c1-17(2)15-21-11-9-20(10-12-21)13-14-22-16-24-26(23-7-5-6-8-25(23)29)30-18(3)27-32-31-19(4)33(27)28(24)34-22/h5-12,16-18H,13-15H2,1-4H3. The summed E-state index contributed by atoms with van der Waals surface area (Å²) < 4.78 is 2.17. The van der Waals surface area contributed by atoms with Crippen LogP contribution in [0.2, 0.25) is 5.02 Å². The van der Waals surface area contributed by atoms with Crippen LogP contribution in [0.4, 0.5) is 0 Å². The summed E-state index contributed by atoms with van der Waals surface area (Å²) in [6, 6.07) is 19.2. The normalized spacial score (nSPS) is 15.1. The summed E-state index contributed by atoms with van der Waals surface area (Å²) >= 11 is 8.43. The van der Waals surface area contributed by atoms with E-state index in [0.717, 1.165) is 52.8 Å². The fourth-order valence-electron chi connectivity index (χ4n) is 4.56. The molecule has 0 radical (unpaired) electrons. The average molecular weight is 489 g/mol. The first-order valence-corrected chi connectivity index (χ1v) is 13.1. The quantitative estimate of drug-likeness (QED) is 0.288. The van der Waals surface area contributed by atoms with Gasteiger partial charge in [0.2, 0.25) is 0 Å². The summed E-state index contributed by atoms with van der Waals surface area (Å²) in [6.45, 7) is 8.60. The van der Waals surface area contributed by atoms with Crippen LogP contribution in [0.25, 0.3) is 5.00 Å². The second kappa shape index (κ2) is 9.47. The van der Waals surface area contributed by atoms with E-state index < -0.39 is 0 Å². The molecule has 6 heteroatoms. The highest BCUT2D eigenvalue weighted by Gasteiger charge is 2.28. The summed E-state index contributed by atoms with van der Waals surface area (Å²) in [6.07, 6.45) is 3.11. The van der Waals surface area contributed by atoms with Crippen LogP contribution in [0.1, 0.15) is 65.6 Å². The van der Waals surface area contributed by atoms with Gasteiger partial charge in [-0.05, 0) is 62.3 Å². The first-order chi connectivity index (χ1) is 16.4. The Morgan fingerprint density at radius 1 is 0.971 bits per heavy atom. The monoisotopic (exact) mass is 488 g/mol. The van der Waals surface area contributed by atoms with E-state index in [1.807, 2.05) is 31.2 Å². The van der Waals surface area contributed by atoms with Gasteiger partial charge in [0.05, 0.1) is 5.71 Å². The molecule has 1 atom stereocenters. The molecule has 3 heterocycles. The van der Waals surface area contributed by atoms with E-state index >= 15 is 0 Å². The number of thiophene rings is 1. The fourth-order valence-corrected chi connectivity index (χ4v) is 6.00. The van der Waals surface area contributed by atoms with Crippen molar-refractivity contribution in [1.29, 1.82) is 0 Å². The zero-order valence-corrected chi connectivity index (χ0v) is 21.6. The Hall–Kier alpha value is -2.76. The largest absolute Gasteiger partial charge is 0.273 e. The summed E-state index contributed by atoms with van der Waals surface area (Å²) in [4.78, 5) is 6.41. The molecule has 0 amide bonds. The maximum atomic E-state index is 6.62. The minimum atomic E-state index is -0.111. The van der Waals surface area contributed by atoms with Crippen LogP contribution in [0.5, 0.6) is 0 Å². The van der Waals surface area contributed by atoms with Gasteiger partial charge >= 0.3 is 0 Å². The smallest absolute Gasteiger partial charge is 0.162 e. The molecule has 174 valence electrons. The third-order valence-corrected chi connectivity index (χ3v) is 7.73. The number of aliphatic imine (C=N–C) groups is 1. The van der Waals surface area contributed by atoms with Crippen LogP contribution in [0.15, 0.2) is 59.6 Å². The zero-order valence-electron chi connectivity index (χ0n) is 20.0. The number of nitrogens with zero attached hydrogens (tertiary/aromatic N) is 4. The van der Waals surface area contributed by atoms with Crippen LogP contribution in [-0.2, 0) is 19.3 Å². The number of aryl methyl sites for hydroxylation is 3. The van der Waals surface area contributed by atoms with Gasteiger partial charge in [0, 0.05) is 21.0 Å². The Kier molecular flexibility index (Phi) is 6.41. The van der Waals surface area contributed by atoms with Gasteiger partial charge in [-0.2, -0.15) is 0 Å². The average Bonchev–Trinajstić information content (AvgIpc) is 3.37. The molecule has 1 aliphatic heterocycles. The Morgan fingerprint density at radius 2 is 1.71 bits per heavy atom. The molecule has 1 unspecified atom stereocenters. The highest BCUT2D eigenvalue weighted by atomic mass is 35.5. The maximum Gasteiger partial charge on any atom is 0.162 e.